The Morgan fingerprint density at radius 1 is 0.762 bits per heavy atom. The van der Waals surface area contributed by atoms with Crippen molar-refractivity contribution in [2.24, 2.45) is 14.1 Å². The minimum atomic E-state index is -5.15. The number of methoxy groups -OCH3 is 1. The first-order valence-corrected chi connectivity index (χ1v) is 22.8. The zero-order chi connectivity index (χ0) is 45.7. The molecule has 12 nitrogen and oxygen atoms in total. The van der Waals surface area contributed by atoms with E-state index in [1.165, 1.54) is 76.7 Å². The number of rotatable bonds is 29. The highest BCUT2D eigenvalue weighted by Crippen LogP contribution is 2.43. The molecule has 0 fully saturated rings. The van der Waals surface area contributed by atoms with E-state index in [1.807, 2.05) is 30.3 Å². The molecule has 0 saturated heterocycles. The van der Waals surface area contributed by atoms with Gasteiger partial charge < -0.3 is 23.7 Å². The topological polar surface area (TPSA) is 127 Å². The molecule has 15 heteroatoms. The molecule has 2 atom stereocenters. The molecule has 2 unspecified atom stereocenters. The maximum Gasteiger partial charge on any atom is 0.432 e. The third-order valence-corrected chi connectivity index (χ3v) is 11.7. The summed E-state index contributed by atoms with van der Waals surface area (Å²) in [7, 11) is 4.15. The predicted octanol–water partition coefficient (Wildman–Crippen LogP) is 10.1. The molecular weight excluding hydrogens is 816 g/mol. The summed E-state index contributed by atoms with van der Waals surface area (Å²) >= 11 is 0. The molecular formula is C48H68F3N5O7. The number of nitrogens with zero attached hydrogens (tertiary/aromatic N) is 5. The average Bonchev–Trinajstić information content (AvgIpc) is 3.67. The lowest BCUT2D eigenvalue weighted by Crippen LogP contribution is -2.53. The van der Waals surface area contributed by atoms with E-state index in [0.717, 1.165) is 64.0 Å². The molecule has 0 radical (unpaired) electrons. The molecule has 4 aromatic rings. The SMILES string of the molecule is CCCCCCCCCCCCN(CC(CCCCCCCCCn1c(=O)c2c(ncn2C)n(C)c1=O)OC(=O)C(OC)(c1ccccc1)C(F)(F)F)C(=O)OCc1ccccc1. The number of halogens is 3. The number of aromatic nitrogens is 4. The summed E-state index contributed by atoms with van der Waals surface area (Å²) in [5, 5.41) is 0. The fourth-order valence-corrected chi connectivity index (χ4v) is 8.03. The van der Waals surface area contributed by atoms with Crippen molar-refractivity contribution in [2.45, 2.75) is 154 Å². The van der Waals surface area contributed by atoms with Crippen LogP contribution in [-0.2, 0) is 51.9 Å². The van der Waals surface area contributed by atoms with Crippen LogP contribution in [0.4, 0.5) is 18.0 Å². The Kier molecular flexibility index (Phi) is 20.9. The summed E-state index contributed by atoms with van der Waals surface area (Å²) in [5.41, 5.74) is -3.04. The number of unbranched alkanes of at least 4 members (excludes halogenated alkanes) is 15. The number of ether oxygens (including phenoxy) is 3. The summed E-state index contributed by atoms with van der Waals surface area (Å²) in [6.45, 7) is 2.64. The first kappa shape index (κ1) is 50.7. The van der Waals surface area contributed by atoms with Gasteiger partial charge in [-0.15, -0.1) is 0 Å². The third-order valence-electron chi connectivity index (χ3n) is 11.7. The molecule has 0 aliphatic carbocycles. The number of amides is 1. The van der Waals surface area contributed by atoms with Crippen molar-refractivity contribution in [2.75, 3.05) is 20.2 Å². The standard InChI is InChI=1S/C48H68F3N5O7/c1-5-6-7-8-9-10-11-14-17-26-33-55(46(60)62-36-38-28-21-19-22-29-38)35-40(63-44(58)47(61-4,48(49,50)51)39-30-23-20-24-31-39)32-25-16-13-12-15-18-27-34-56-43(57)41-42(52-37-53(41)2)54(3)45(56)59/h19-24,28-31,37,40H,5-18,25-27,32-36H2,1-4H3. The number of imidazole rings is 1. The zero-order valence-electron chi connectivity index (χ0n) is 37.7. The molecule has 1 amide bonds. The number of aryl methyl sites for hydroxylation is 2. The van der Waals surface area contributed by atoms with Crippen molar-refractivity contribution >= 4 is 23.2 Å². The van der Waals surface area contributed by atoms with E-state index in [4.69, 9.17) is 14.2 Å². The van der Waals surface area contributed by atoms with Gasteiger partial charge in [-0.25, -0.2) is 19.4 Å². The van der Waals surface area contributed by atoms with Gasteiger partial charge in [0.1, 0.15) is 12.7 Å². The minimum Gasteiger partial charge on any atom is -0.458 e. The van der Waals surface area contributed by atoms with Crippen molar-refractivity contribution < 1.29 is 37.0 Å². The number of hydrogen-bond acceptors (Lipinski definition) is 8. The lowest BCUT2D eigenvalue weighted by molar-refractivity contribution is -0.278. The number of carbonyl (C=O) groups is 2. The first-order chi connectivity index (χ1) is 30.3. The quantitative estimate of drug-likeness (QED) is 0.0390. The normalized spacial score (nSPS) is 13.2. The van der Waals surface area contributed by atoms with Gasteiger partial charge in [0, 0.05) is 39.9 Å². The Labute approximate surface area is 369 Å². The van der Waals surface area contributed by atoms with Gasteiger partial charge in [0.05, 0.1) is 12.9 Å². The van der Waals surface area contributed by atoms with Crippen LogP contribution in [0.5, 0.6) is 0 Å². The number of fused-ring (bicyclic) bond motifs is 1. The largest absolute Gasteiger partial charge is 0.458 e. The van der Waals surface area contributed by atoms with Gasteiger partial charge in [-0.3, -0.25) is 13.9 Å². The van der Waals surface area contributed by atoms with Crippen LogP contribution in [0.25, 0.3) is 11.2 Å². The van der Waals surface area contributed by atoms with E-state index in [0.29, 0.717) is 43.4 Å². The highest BCUT2D eigenvalue weighted by molar-refractivity contribution is 5.83. The van der Waals surface area contributed by atoms with Crippen LogP contribution in [0, 0.1) is 0 Å². The smallest absolute Gasteiger partial charge is 0.432 e. The lowest BCUT2D eigenvalue weighted by atomic mass is 9.92. The number of hydrogen-bond donors (Lipinski definition) is 0. The Balaban J connectivity index is 1.40. The molecule has 0 spiro atoms. The van der Waals surface area contributed by atoms with Crippen LogP contribution in [0.3, 0.4) is 0 Å². The molecule has 0 N–H and O–H groups in total. The highest BCUT2D eigenvalue weighted by Gasteiger charge is 2.64. The molecule has 0 saturated carbocycles. The van der Waals surface area contributed by atoms with E-state index < -0.39 is 41.2 Å². The van der Waals surface area contributed by atoms with E-state index in [9.17, 15) is 32.3 Å². The maximum atomic E-state index is 14.9. The first-order valence-electron chi connectivity index (χ1n) is 22.8. The Bertz CT molecular complexity index is 2090. The van der Waals surface area contributed by atoms with Crippen LogP contribution in [-0.4, -0.2) is 68.1 Å². The number of alkyl halides is 3. The highest BCUT2D eigenvalue weighted by atomic mass is 19.4. The minimum absolute atomic E-state index is 0.0144. The summed E-state index contributed by atoms with van der Waals surface area (Å²) in [5.74, 6) is -1.60. The van der Waals surface area contributed by atoms with E-state index in [-0.39, 0.29) is 31.7 Å². The van der Waals surface area contributed by atoms with Crippen LogP contribution in [0.1, 0.15) is 134 Å². The van der Waals surface area contributed by atoms with E-state index >= 15 is 0 Å². The summed E-state index contributed by atoms with van der Waals surface area (Å²) in [6, 6.07) is 15.9. The Hall–Kier alpha value is -4.92. The summed E-state index contributed by atoms with van der Waals surface area (Å²) < 4.78 is 65.6. The molecule has 4 rings (SSSR count). The van der Waals surface area contributed by atoms with Gasteiger partial charge in [0.2, 0.25) is 0 Å². The van der Waals surface area contributed by atoms with Gasteiger partial charge in [-0.1, -0.05) is 157 Å². The Morgan fingerprint density at radius 3 is 1.90 bits per heavy atom. The molecule has 348 valence electrons. The third kappa shape index (κ3) is 14.6. The number of carbonyl (C=O) groups excluding carboxylic acids is 2. The second-order valence-electron chi connectivity index (χ2n) is 16.5. The molecule has 0 aliphatic rings. The van der Waals surface area contributed by atoms with Crippen LogP contribution < -0.4 is 11.2 Å². The van der Waals surface area contributed by atoms with Crippen molar-refractivity contribution in [3.05, 3.63) is 99.0 Å². The van der Waals surface area contributed by atoms with Crippen LogP contribution >= 0.6 is 0 Å². The molecule has 63 heavy (non-hydrogen) atoms. The predicted molar refractivity (Wildman–Crippen MR) is 238 cm³/mol. The fourth-order valence-electron chi connectivity index (χ4n) is 8.03. The maximum absolute atomic E-state index is 14.9. The average molecular weight is 884 g/mol. The second kappa shape index (κ2) is 26.0. The second-order valence-corrected chi connectivity index (χ2v) is 16.5. The van der Waals surface area contributed by atoms with Crippen molar-refractivity contribution in [3.8, 4) is 0 Å². The lowest BCUT2D eigenvalue weighted by Gasteiger charge is -2.35. The van der Waals surface area contributed by atoms with Gasteiger partial charge in [0.15, 0.2) is 11.2 Å². The molecule has 2 aromatic heterocycles. The Morgan fingerprint density at radius 2 is 1.32 bits per heavy atom. The van der Waals surface area contributed by atoms with E-state index in [2.05, 4.69) is 11.9 Å². The van der Waals surface area contributed by atoms with Crippen molar-refractivity contribution in [1.29, 1.82) is 0 Å². The number of benzene rings is 2. The molecule has 2 heterocycles. The number of esters is 1. The van der Waals surface area contributed by atoms with Gasteiger partial charge in [-0.05, 0) is 31.2 Å². The van der Waals surface area contributed by atoms with Gasteiger partial charge in [-0.2, -0.15) is 13.2 Å². The fraction of sp³-hybridized carbons (Fsp3) is 0.604. The van der Waals surface area contributed by atoms with E-state index in [1.54, 1.807) is 24.7 Å². The molecule has 0 aliphatic heterocycles. The molecule has 0 bridgehead atoms. The van der Waals surface area contributed by atoms with Crippen molar-refractivity contribution in [1.82, 2.24) is 23.6 Å². The summed E-state index contributed by atoms with van der Waals surface area (Å²) in [4.78, 5) is 59.1. The molecule has 2 aromatic carbocycles. The van der Waals surface area contributed by atoms with Gasteiger partial charge >= 0.3 is 23.9 Å². The van der Waals surface area contributed by atoms with Gasteiger partial charge in [0.25, 0.3) is 11.2 Å². The van der Waals surface area contributed by atoms with Crippen LogP contribution in [0.2, 0.25) is 0 Å². The zero-order valence-corrected chi connectivity index (χ0v) is 37.7. The van der Waals surface area contributed by atoms with Crippen LogP contribution in [0.15, 0.2) is 76.6 Å². The monoisotopic (exact) mass is 884 g/mol. The summed E-state index contributed by atoms with van der Waals surface area (Å²) in [6.07, 6.45) is 10.9. The van der Waals surface area contributed by atoms with Crippen molar-refractivity contribution in [3.63, 3.8) is 0 Å².